The molecule has 0 aliphatic carbocycles. The van der Waals surface area contributed by atoms with E-state index in [4.69, 9.17) is 28.4 Å². The van der Waals surface area contributed by atoms with Crippen LogP contribution in [0.2, 0.25) is 0 Å². The second-order valence-electron chi connectivity index (χ2n) is 10.1. The third-order valence-electron chi connectivity index (χ3n) is 6.01. The fraction of sp³-hybridized carbons (Fsp3) is 0.806. The van der Waals surface area contributed by atoms with Gasteiger partial charge in [-0.05, 0) is 40.5 Å². The molecular formula is C31H56O8. The van der Waals surface area contributed by atoms with Gasteiger partial charge in [-0.1, -0.05) is 84.3 Å². The quantitative estimate of drug-likeness (QED) is 0.101. The van der Waals surface area contributed by atoms with Crippen molar-refractivity contribution in [2.24, 2.45) is 0 Å². The van der Waals surface area contributed by atoms with Crippen LogP contribution in [0.3, 0.4) is 0 Å². The number of rotatable bonds is 18. The van der Waals surface area contributed by atoms with Crippen molar-refractivity contribution in [2.75, 3.05) is 33.0 Å². The third kappa shape index (κ3) is 22.7. The van der Waals surface area contributed by atoms with Gasteiger partial charge in [0.1, 0.15) is 6.61 Å². The smallest absolute Gasteiger partial charge is 0.335 e. The average molecular weight is 557 g/mol. The summed E-state index contributed by atoms with van der Waals surface area (Å²) in [7, 11) is 0. The van der Waals surface area contributed by atoms with E-state index in [0.717, 1.165) is 12.8 Å². The maximum Gasteiger partial charge on any atom is 0.335 e. The molecule has 1 aliphatic rings. The topological polar surface area (TPSA) is 89.5 Å². The molecule has 1 heterocycles. The van der Waals surface area contributed by atoms with E-state index in [1.165, 1.54) is 64.2 Å². The van der Waals surface area contributed by atoms with Crippen molar-refractivity contribution in [3.8, 4) is 0 Å². The highest BCUT2D eigenvalue weighted by Gasteiger charge is 2.20. The van der Waals surface area contributed by atoms with Crippen LogP contribution < -0.4 is 0 Å². The zero-order valence-electron chi connectivity index (χ0n) is 25.4. The molecule has 39 heavy (non-hydrogen) atoms. The van der Waals surface area contributed by atoms with Gasteiger partial charge < -0.3 is 28.4 Å². The number of ether oxygens (including phenoxy) is 6. The van der Waals surface area contributed by atoms with Crippen LogP contribution in [-0.2, 0) is 38.0 Å². The molecule has 0 aromatic rings. The predicted molar refractivity (Wildman–Crippen MR) is 154 cm³/mol. The highest BCUT2D eigenvalue weighted by atomic mass is 16.7. The third-order valence-corrected chi connectivity index (χ3v) is 6.01. The van der Waals surface area contributed by atoms with Crippen molar-refractivity contribution in [2.45, 2.75) is 130 Å². The van der Waals surface area contributed by atoms with Crippen LogP contribution in [0.15, 0.2) is 24.3 Å². The number of carbonyl (C=O) groups is 2. The minimum Gasteiger partial charge on any atom is -0.459 e. The minimum absolute atomic E-state index is 0.0211. The van der Waals surface area contributed by atoms with E-state index in [1.807, 2.05) is 13.8 Å². The number of unbranched alkanes of at least 4 members (excludes halogenated alkanes) is 10. The van der Waals surface area contributed by atoms with Gasteiger partial charge in [0.15, 0.2) is 6.29 Å². The Morgan fingerprint density at radius 3 is 1.77 bits per heavy atom. The van der Waals surface area contributed by atoms with E-state index in [-0.39, 0.29) is 25.3 Å². The molecule has 1 fully saturated rings. The van der Waals surface area contributed by atoms with Crippen molar-refractivity contribution in [3.63, 3.8) is 0 Å². The van der Waals surface area contributed by atoms with Crippen LogP contribution in [0.4, 0.5) is 0 Å². The molecular weight excluding hydrogens is 500 g/mol. The fourth-order valence-electron chi connectivity index (χ4n) is 3.72. The average Bonchev–Trinajstić information content (AvgIpc) is 3.00. The maximum atomic E-state index is 11.3. The monoisotopic (exact) mass is 556 g/mol. The lowest BCUT2D eigenvalue weighted by Gasteiger charge is -2.17. The lowest BCUT2D eigenvalue weighted by Crippen LogP contribution is -2.28. The molecule has 0 aromatic heterocycles. The van der Waals surface area contributed by atoms with E-state index in [0.29, 0.717) is 31.0 Å². The van der Waals surface area contributed by atoms with Crippen LogP contribution >= 0.6 is 0 Å². The van der Waals surface area contributed by atoms with Gasteiger partial charge in [0, 0.05) is 17.8 Å². The molecule has 0 saturated carbocycles. The Labute approximate surface area is 237 Å². The molecule has 3 atom stereocenters. The molecule has 0 N–H and O–H groups in total. The van der Waals surface area contributed by atoms with Crippen LogP contribution in [0.1, 0.15) is 112 Å². The molecule has 228 valence electrons. The van der Waals surface area contributed by atoms with Crippen molar-refractivity contribution < 1.29 is 38.0 Å². The number of carbonyl (C=O) groups excluding carboxylic acids is 2. The SMILES string of the molecule is C=C(C)C(=O)OC(C)CCCCCCCCCCCCC.C=C(C)C(=O)OC1COCC(OCC)OCCO1. The lowest BCUT2D eigenvalue weighted by molar-refractivity contribution is -0.186. The Morgan fingerprint density at radius 1 is 0.769 bits per heavy atom. The van der Waals surface area contributed by atoms with Crippen LogP contribution in [0.25, 0.3) is 0 Å². The normalized spacial score (nSPS) is 18.4. The summed E-state index contributed by atoms with van der Waals surface area (Å²) in [4.78, 5) is 22.7. The summed E-state index contributed by atoms with van der Waals surface area (Å²) in [6, 6.07) is 0. The first kappa shape index (κ1) is 37.3. The van der Waals surface area contributed by atoms with Crippen molar-refractivity contribution >= 4 is 11.9 Å². The molecule has 1 aliphatic heterocycles. The molecule has 3 unspecified atom stereocenters. The van der Waals surface area contributed by atoms with Crippen molar-refractivity contribution in [1.82, 2.24) is 0 Å². The van der Waals surface area contributed by atoms with Crippen molar-refractivity contribution in [1.29, 1.82) is 0 Å². The standard InChI is InChI=1S/C19H36O2.C12H20O6/c1-5-6-7-8-9-10-11-12-13-14-15-16-18(4)21-19(20)17(2)3;1-4-15-10-7-14-8-11(17-6-5-16-10)18-12(13)9(2)3/h18H,2,5-16H2,1,3-4H3;10-11H,2,4-8H2,1,3H3. The second kappa shape index (κ2) is 25.2. The number of esters is 2. The summed E-state index contributed by atoms with van der Waals surface area (Å²) in [5, 5.41) is 0. The number of hydrogen-bond acceptors (Lipinski definition) is 8. The van der Waals surface area contributed by atoms with Gasteiger partial charge >= 0.3 is 11.9 Å². The summed E-state index contributed by atoms with van der Waals surface area (Å²) in [6.45, 7) is 18.1. The minimum atomic E-state index is -0.738. The van der Waals surface area contributed by atoms with Gasteiger partial charge in [0.25, 0.3) is 0 Å². The summed E-state index contributed by atoms with van der Waals surface area (Å²) in [6.07, 6.45) is 14.7. The molecule has 1 saturated heterocycles. The Kier molecular flexibility index (Phi) is 24.1. The summed E-state index contributed by atoms with van der Waals surface area (Å²) in [5.41, 5.74) is 0.808. The molecule has 0 bridgehead atoms. The van der Waals surface area contributed by atoms with E-state index in [1.54, 1.807) is 13.8 Å². The summed E-state index contributed by atoms with van der Waals surface area (Å²) >= 11 is 0. The largest absolute Gasteiger partial charge is 0.459 e. The highest BCUT2D eigenvalue weighted by molar-refractivity contribution is 5.87. The van der Waals surface area contributed by atoms with Crippen LogP contribution in [-0.4, -0.2) is 63.7 Å². The molecule has 8 nitrogen and oxygen atoms in total. The molecule has 1 rings (SSSR count). The van der Waals surface area contributed by atoms with E-state index >= 15 is 0 Å². The molecule has 0 aromatic carbocycles. The highest BCUT2D eigenvalue weighted by Crippen LogP contribution is 2.14. The molecule has 0 radical (unpaired) electrons. The molecule has 0 spiro atoms. The van der Waals surface area contributed by atoms with Crippen LogP contribution in [0, 0.1) is 0 Å². The first-order valence-corrected chi connectivity index (χ1v) is 14.9. The number of hydrogen-bond donors (Lipinski definition) is 0. The Morgan fingerprint density at radius 2 is 1.26 bits per heavy atom. The summed E-state index contributed by atoms with van der Waals surface area (Å²) in [5.74, 6) is -0.754. The molecule has 0 amide bonds. The van der Waals surface area contributed by atoms with Gasteiger partial charge in [-0.15, -0.1) is 0 Å². The second-order valence-corrected chi connectivity index (χ2v) is 10.1. The Hall–Kier alpha value is -1.74. The summed E-state index contributed by atoms with van der Waals surface area (Å²) < 4.78 is 31.7. The van der Waals surface area contributed by atoms with Crippen molar-refractivity contribution in [3.05, 3.63) is 24.3 Å². The van der Waals surface area contributed by atoms with Gasteiger partial charge in [-0.2, -0.15) is 0 Å². The first-order valence-electron chi connectivity index (χ1n) is 14.9. The maximum absolute atomic E-state index is 11.3. The zero-order chi connectivity index (χ0) is 29.3. The molecule has 8 heteroatoms. The van der Waals surface area contributed by atoms with E-state index in [9.17, 15) is 9.59 Å². The Bertz CT molecular complexity index is 663. The Balaban J connectivity index is 0.000000748. The lowest BCUT2D eigenvalue weighted by atomic mass is 10.0. The van der Waals surface area contributed by atoms with Gasteiger partial charge in [-0.3, -0.25) is 0 Å². The van der Waals surface area contributed by atoms with E-state index in [2.05, 4.69) is 20.1 Å². The van der Waals surface area contributed by atoms with Gasteiger partial charge in [0.05, 0.1) is 25.9 Å². The van der Waals surface area contributed by atoms with E-state index < -0.39 is 18.5 Å². The van der Waals surface area contributed by atoms with Gasteiger partial charge in [0.2, 0.25) is 6.29 Å². The predicted octanol–water partition coefficient (Wildman–Crippen LogP) is 7.05. The van der Waals surface area contributed by atoms with Gasteiger partial charge in [-0.25, -0.2) is 9.59 Å². The fourth-order valence-corrected chi connectivity index (χ4v) is 3.72. The zero-order valence-corrected chi connectivity index (χ0v) is 25.4. The first-order chi connectivity index (χ1) is 18.7. The van der Waals surface area contributed by atoms with Crippen LogP contribution in [0.5, 0.6) is 0 Å².